The molecular formula is C34H45N5O4. The summed E-state index contributed by atoms with van der Waals surface area (Å²) in [5, 5.41) is 13.1. The van der Waals surface area contributed by atoms with Crippen LogP contribution in [0.4, 0.5) is 0 Å². The number of aliphatic hydroxyl groups is 1. The lowest BCUT2D eigenvalue weighted by Gasteiger charge is -2.36. The lowest BCUT2D eigenvalue weighted by molar-refractivity contribution is -0.151. The maximum Gasteiger partial charge on any atom is 0.259 e. The molecule has 0 aromatic heterocycles. The summed E-state index contributed by atoms with van der Waals surface area (Å²) in [7, 11) is 4.70. The van der Waals surface area contributed by atoms with Gasteiger partial charge in [0.25, 0.3) is 5.91 Å². The van der Waals surface area contributed by atoms with E-state index < -0.39 is 29.8 Å². The van der Waals surface area contributed by atoms with Crippen LogP contribution in [0.15, 0.2) is 84.9 Å². The summed E-state index contributed by atoms with van der Waals surface area (Å²) in [5.74, 6) is -1.11. The molecule has 9 heteroatoms. The number of hydrazine groups is 1. The van der Waals surface area contributed by atoms with Crippen molar-refractivity contribution in [2.24, 2.45) is 5.73 Å². The molecule has 1 unspecified atom stereocenters. The summed E-state index contributed by atoms with van der Waals surface area (Å²) >= 11 is 0. The zero-order valence-electron chi connectivity index (χ0n) is 26.0. The average molecular weight is 588 g/mol. The molecule has 0 bridgehead atoms. The first kappa shape index (κ1) is 33.5. The van der Waals surface area contributed by atoms with Gasteiger partial charge in [-0.1, -0.05) is 78.9 Å². The Kier molecular flexibility index (Phi) is 11.6. The Morgan fingerprint density at radius 1 is 0.837 bits per heavy atom. The number of benzene rings is 3. The van der Waals surface area contributed by atoms with Crippen LogP contribution in [0.3, 0.4) is 0 Å². The summed E-state index contributed by atoms with van der Waals surface area (Å²) < 4.78 is 0. The van der Waals surface area contributed by atoms with Crippen molar-refractivity contribution in [3.8, 4) is 0 Å². The highest BCUT2D eigenvalue weighted by Crippen LogP contribution is 2.20. The van der Waals surface area contributed by atoms with Gasteiger partial charge < -0.3 is 20.6 Å². The number of rotatable bonds is 13. The monoisotopic (exact) mass is 587 g/mol. The average Bonchev–Trinajstić information content (AvgIpc) is 2.96. The highest BCUT2D eigenvalue weighted by molar-refractivity contribution is 5.95. The van der Waals surface area contributed by atoms with Gasteiger partial charge in [0.05, 0.1) is 0 Å². The SMILES string of the molecule is CC(O)NN(C)C(=O)[C@@H](Cc1ccccc1)N(C)C(=O)[C@@H](Cc1ccc2ccccc2c1)N(C)C(=O)/C=C/CC(C)(C)N. The minimum absolute atomic E-state index is 0.250. The van der Waals surface area contributed by atoms with E-state index in [2.05, 4.69) is 5.43 Å². The van der Waals surface area contributed by atoms with Gasteiger partial charge in [-0.25, -0.2) is 5.43 Å². The summed E-state index contributed by atoms with van der Waals surface area (Å²) in [5.41, 5.74) is 10.0. The third kappa shape index (κ3) is 9.74. The zero-order chi connectivity index (χ0) is 31.7. The predicted molar refractivity (Wildman–Crippen MR) is 171 cm³/mol. The van der Waals surface area contributed by atoms with Gasteiger partial charge in [0.15, 0.2) is 0 Å². The number of nitrogens with one attached hydrogen (secondary N) is 1. The number of fused-ring (bicyclic) bond motifs is 1. The second-order valence-electron chi connectivity index (χ2n) is 11.8. The van der Waals surface area contributed by atoms with E-state index >= 15 is 0 Å². The number of likely N-dealkylation sites (N-methyl/N-ethyl adjacent to an activating group) is 3. The van der Waals surface area contributed by atoms with Gasteiger partial charge in [0.1, 0.15) is 18.3 Å². The third-order valence-electron chi connectivity index (χ3n) is 7.33. The molecule has 0 aliphatic carbocycles. The van der Waals surface area contributed by atoms with Crippen molar-refractivity contribution >= 4 is 28.5 Å². The zero-order valence-corrected chi connectivity index (χ0v) is 26.0. The van der Waals surface area contributed by atoms with Crippen molar-refractivity contribution in [3.63, 3.8) is 0 Å². The minimum Gasteiger partial charge on any atom is -0.377 e. The fraction of sp³-hybridized carbons (Fsp3) is 0.382. The van der Waals surface area contributed by atoms with Crippen molar-refractivity contribution in [1.82, 2.24) is 20.2 Å². The topological polar surface area (TPSA) is 119 Å². The van der Waals surface area contributed by atoms with Crippen molar-refractivity contribution in [3.05, 3.63) is 96.1 Å². The molecule has 43 heavy (non-hydrogen) atoms. The Labute approximate surface area is 254 Å². The van der Waals surface area contributed by atoms with Gasteiger partial charge in [-0.3, -0.25) is 19.4 Å². The fourth-order valence-electron chi connectivity index (χ4n) is 4.90. The number of carbonyl (C=O) groups excluding carboxylic acids is 3. The van der Waals surface area contributed by atoms with Crippen LogP contribution in [0.25, 0.3) is 10.8 Å². The maximum atomic E-state index is 14.3. The Bertz CT molecular complexity index is 1420. The lowest BCUT2D eigenvalue weighted by atomic mass is 9.98. The van der Waals surface area contributed by atoms with Crippen molar-refractivity contribution < 1.29 is 19.5 Å². The largest absolute Gasteiger partial charge is 0.377 e. The molecule has 3 rings (SSSR count). The number of hydrogen-bond acceptors (Lipinski definition) is 6. The number of nitrogens with zero attached hydrogens (tertiary/aromatic N) is 3. The highest BCUT2D eigenvalue weighted by Gasteiger charge is 2.36. The van der Waals surface area contributed by atoms with Crippen LogP contribution in [-0.2, 0) is 27.2 Å². The Morgan fingerprint density at radius 3 is 2.05 bits per heavy atom. The number of nitrogens with two attached hydrogens (primary N) is 1. The van der Waals surface area contributed by atoms with Crippen molar-refractivity contribution in [2.45, 2.75) is 63.9 Å². The van der Waals surface area contributed by atoms with Crippen LogP contribution >= 0.6 is 0 Å². The fourth-order valence-corrected chi connectivity index (χ4v) is 4.90. The molecule has 3 aromatic rings. The third-order valence-corrected chi connectivity index (χ3v) is 7.33. The first-order valence-electron chi connectivity index (χ1n) is 14.5. The molecule has 0 heterocycles. The molecule has 0 radical (unpaired) electrons. The van der Waals surface area contributed by atoms with E-state index in [-0.39, 0.29) is 24.7 Å². The predicted octanol–water partition coefficient (Wildman–Crippen LogP) is 3.26. The second kappa shape index (κ2) is 14.9. The van der Waals surface area contributed by atoms with E-state index in [4.69, 9.17) is 5.73 Å². The molecule has 230 valence electrons. The standard InChI is InChI=1S/C34H45N5O4/c1-24(40)36-39(6)33(43)30(22-25-13-8-7-9-14-25)38(5)32(42)29(37(4)31(41)17-12-20-34(2,3)35)23-26-18-19-27-15-10-11-16-28(27)21-26/h7-19,21,24,29-30,36,40H,20,22-23,35H2,1-6H3/b17-12+/t24?,29-,30-/m1/s1. The van der Waals surface area contributed by atoms with Crippen LogP contribution in [-0.4, -0.2) is 82.6 Å². The molecule has 0 aliphatic rings. The molecule has 0 saturated carbocycles. The molecule has 0 aliphatic heterocycles. The lowest BCUT2D eigenvalue weighted by Crippen LogP contribution is -2.58. The van der Waals surface area contributed by atoms with E-state index in [1.807, 2.05) is 86.6 Å². The van der Waals surface area contributed by atoms with Crippen LogP contribution in [0.2, 0.25) is 0 Å². The van der Waals surface area contributed by atoms with Gasteiger partial charge in [-0.15, -0.1) is 0 Å². The van der Waals surface area contributed by atoms with Gasteiger partial charge in [-0.2, -0.15) is 0 Å². The van der Waals surface area contributed by atoms with Crippen LogP contribution in [0.1, 0.15) is 38.3 Å². The minimum atomic E-state index is -0.970. The smallest absolute Gasteiger partial charge is 0.259 e. The van der Waals surface area contributed by atoms with Crippen molar-refractivity contribution in [2.75, 3.05) is 21.1 Å². The summed E-state index contributed by atoms with van der Waals surface area (Å²) in [6.45, 7) is 5.25. The Hall–Kier alpha value is -4.05. The summed E-state index contributed by atoms with van der Waals surface area (Å²) in [6, 6.07) is 21.6. The van der Waals surface area contributed by atoms with Crippen LogP contribution in [0, 0.1) is 0 Å². The van der Waals surface area contributed by atoms with Gasteiger partial charge in [0, 0.05) is 39.5 Å². The molecule has 4 N–H and O–H groups in total. The number of hydrogen-bond donors (Lipinski definition) is 3. The first-order chi connectivity index (χ1) is 20.3. The molecule has 0 fully saturated rings. The summed E-state index contributed by atoms with van der Waals surface area (Å²) in [4.78, 5) is 44.1. The Balaban J connectivity index is 1.98. The number of carbonyl (C=O) groups is 3. The van der Waals surface area contributed by atoms with Gasteiger partial charge >= 0.3 is 0 Å². The van der Waals surface area contributed by atoms with Crippen molar-refractivity contribution in [1.29, 1.82) is 0 Å². The highest BCUT2D eigenvalue weighted by atomic mass is 16.3. The Morgan fingerprint density at radius 2 is 1.42 bits per heavy atom. The van der Waals surface area contributed by atoms with E-state index in [0.717, 1.165) is 21.9 Å². The number of amides is 3. The van der Waals surface area contributed by atoms with E-state index in [1.54, 1.807) is 20.2 Å². The molecule has 9 nitrogen and oxygen atoms in total. The molecule has 0 spiro atoms. The molecule has 0 saturated heterocycles. The van der Waals surface area contributed by atoms with E-state index in [9.17, 15) is 19.5 Å². The van der Waals surface area contributed by atoms with Gasteiger partial charge in [-0.05, 0) is 55.2 Å². The summed E-state index contributed by atoms with van der Waals surface area (Å²) in [6.07, 6.45) is 3.19. The quantitative estimate of drug-likeness (QED) is 0.161. The molecule has 3 aromatic carbocycles. The molecule has 3 atom stereocenters. The molecular weight excluding hydrogens is 542 g/mol. The van der Waals surface area contributed by atoms with E-state index in [0.29, 0.717) is 6.42 Å². The maximum absolute atomic E-state index is 14.3. The van der Waals surface area contributed by atoms with E-state index in [1.165, 1.54) is 34.9 Å². The van der Waals surface area contributed by atoms with Crippen LogP contribution in [0.5, 0.6) is 0 Å². The van der Waals surface area contributed by atoms with Gasteiger partial charge in [0.2, 0.25) is 11.8 Å². The molecule has 3 amide bonds. The normalized spacial score (nSPS) is 13.9. The number of aliphatic hydroxyl groups excluding tert-OH is 1. The first-order valence-corrected chi connectivity index (χ1v) is 14.5. The van der Waals surface area contributed by atoms with Crippen LogP contribution < -0.4 is 11.2 Å². The second-order valence-corrected chi connectivity index (χ2v) is 11.8.